The van der Waals surface area contributed by atoms with E-state index < -0.39 is 17.7 Å². The summed E-state index contributed by atoms with van der Waals surface area (Å²) in [6.45, 7) is 6.48. The van der Waals surface area contributed by atoms with Crippen LogP contribution in [0.3, 0.4) is 0 Å². The summed E-state index contributed by atoms with van der Waals surface area (Å²) in [5, 5.41) is 5.58. The Morgan fingerprint density at radius 3 is 2.70 bits per heavy atom. The van der Waals surface area contributed by atoms with Gasteiger partial charge in [-0.25, -0.2) is 4.79 Å². The number of nitrogens with zero attached hydrogens (tertiary/aromatic N) is 1. The number of ether oxygens (including phenoxy) is 1. The summed E-state index contributed by atoms with van der Waals surface area (Å²) in [6, 6.07) is -0.483. The highest BCUT2D eigenvalue weighted by Crippen LogP contribution is 2.13. The maximum atomic E-state index is 12.1. The van der Waals surface area contributed by atoms with E-state index in [0.29, 0.717) is 13.0 Å². The number of carbonyl (C=O) groups excluding carboxylic acids is 3. The summed E-state index contributed by atoms with van der Waals surface area (Å²) in [6.07, 6.45) is 1.90. The van der Waals surface area contributed by atoms with Gasteiger partial charge in [0, 0.05) is 19.6 Å². The Morgan fingerprint density at radius 1 is 1.39 bits per heavy atom. The fourth-order valence-corrected chi connectivity index (χ4v) is 2.67. The van der Waals surface area contributed by atoms with Crippen LogP contribution >= 0.6 is 15.9 Å². The molecule has 0 bridgehead atoms. The van der Waals surface area contributed by atoms with E-state index in [1.54, 1.807) is 20.8 Å². The third-order valence-corrected chi connectivity index (χ3v) is 3.82. The van der Waals surface area contributed by atoms with E-state index in [9.17, 15) is 14.4 Å². The maximum absolute atomic E-state index is 12.1. The average Bonchev–Trinajstić information content (AvgIpc) is 2.66. The lowest BCUT2D eigenvalue weighted by atomic mass is 10.1. The summed E-state index contributed by atoms with van der Waals surface area (Å²) >= 11 is 3.15. The number of carbonyl (C=O) groups is 3. The molecule has 1 rings (SSSR count). The van der Waals surface area contributed by atoms with Gasteiger partial charge in [0.1, 0.15) is 11.6 Å². The molecule has 1 atom stereocenters. The van der Waals surface area contributed by atoms with Gasteiger partial charge in [-0.1, -0.05) is 15.9 Å². The van der Waals surface area contributed by atoms with E-state index in [1.807, 2.05) is 0 Å². The van der Waals surface area contributed by atoms with Gasteiger partial charge in [-0.05, 0) is 40.0 Å². The third-order valence-electron chi connectivity index (χ3n) is 3.34. The predicted octanol–water partition coefficient (Wildman–Crippen LogP) is 1.40. The molecule has 3 amide bonds. The summed E-state index contributed by atoms with van der Waals surface area (Å²) in [7, 11) is 0. The van der Waals surface area contributed by atoms with Gasteiger partial charge in [0.15, 0.2) is 0 Å². The predicted molar refractivity (Wildman–Crippen MR) is 90.4 cm³/mol. The fourth-order valence-electron chi connectivity index (χ4n) is 2.34. The summed E-state index contributed by atoms with van der Waals surface area (Å²) in [5.41, 5.74) is -0.573. The van der Waals surface area contributed by atoms with Crippen molar-refractivity contribution in [3.63, 3.8) is 0 Å². The first-order chi connectivity index (χ1) is 10.7. The number of alkyl halides is 1. The molecule has 0 aromatic rings. The summed E-state index contributed by atoms with van der Waals surface area (Å²) in [4.78, 5) is 37.4. The molecule has 7 nitrogen and oxygen atoms in total. The zero-order valence-corrected chi connectivity index (χ0v) is 15.6. The van der Waals surface area contributed by atoms with Crippen LogP contribution < -0.4 is 10.6 Å². The lowest BCUT2D eigenvalue weighted by Gasteiger charge is -2.29. The van der Waals surface area contributed by atoms with Crippen LogP contribution in [0.1, 0.15) is 40.0 Å². The van der Waals surface area contributed by atoms with E-state index in [0.717, 1.165) is 12.8 Å². The van der Waals surface area contributed by atoms with Crippen molar-refractivity contribution in [1.29, 1.82) is 0 Å². The van der Waals surface area contributed by atoms with Gasteiger partial charge in [0.25, 0.3) is 0 Å². The zero-order valence-electron chi connectivity index (χ0n) is 14.0. The number of hydrogen-bond acceptors (Lipinski definition) is 4. The van der Waals surface area contributed by atoms with Crippen LogP contribution in [0.25, 0.3) is 0 Å². The third kappa shape index (κ3) is 7.20. The molecule has 1 aliphatic rings. The summed E-state index contributed by atoms with van der Waals surface area (Å²) in [5.74, 6) is -0.299. The van der Waals surface area contributed by atoms with Crippen molar-refractivity contribution in [2.24, 2.45) is 0 Å². The van der Waals surface area contributed by atoms with Crippen LogP contribution in [-0.4, -0.2) is 59.4 Å². The smallest absolute Gasteiger partial charge is 0.407 e. The molecule has 1 fully saturated rings. The number of amides is 3. The Bertz CT molecular complexity index is 437. The number of alkyl carbamates (subject to hydrolysis) is 1. The topological polar surface area (TPSA) is 87.7 Å². The van der Waals surface area contributed by atoms with E-state index in [4.69, 9.17) is 4.74 Å². The van der Waals surface area contributed by atoms with Crippen molar-refractivity contribution in [3.8, 4) is 0 Å². The molecule has 0 aromatic heterocycles. The van der Waals surface area contributed by atoms with Crippen molar-refractivity contribution in [3.05, 3.63) is 0 Å². The number of rotatable bonds is 5. The fraction of sp³-hybridized carbons (Fsp3) is 0.800. The molecule has 1 heterocycles. The number of hydrogen-bond donors (Lipinski definition) is 2. The standard InChI is InChI=1S/C15H26BrN3O4/c1-15(2,3)23-14(22)18-8-9-19(12(20)10-16)11-6-4-5-7-17-13(11)21/h11H,4-10H2,1-3H3,(H,17,21)(H,18,22). The van der Waals surface area contributed by atoms with Crippen molar-refractivity contribution >= 4 is 33.8 Å². The highest BCUT2D eigenvalue weighted by Gasteiger charge is 2.30. The minimum atomic E-state index is -0.573. The SMILES string of the molecule is CC(C)(C)OC(=O)NCCN(C(=O)CBr)C1CCCCNC1=O. The van der Waals surface area contributed by atoms with E-state index in [2.05, 4.69) is 26.6 Å². The van der Waals surface area contributed by atoms with E-state index in [1.165, 1.54) is 4.90 Å². The first kappa shape index (κ1) is 19.7. The van der Waals surface area contributed by atoms with Gasteiger partial charge >= 0.3 is 6.09 Å². The molecule has 0 saturated carbocycles. The summed E-state index contributed by atoms with van der Waals surface area (Å²) < 4.78 is 5.15. The normalized spacial score (nSPS) is 18.6. The van der Waals surface area contributed by atoms with Crippen LogP contribution in [0.15, 0.2) is 0 Å². The van der Waals surface area contributed by atoms with Crippen LogP contribution in [0, 0.1) is 0 Å². The first-order valence-electron chi connectivity index (χ1n) is 7.84. The average molecular weight is 392 g/mol. The number of nitrogens with one attached hydrogen (secondary N) is 2. The van der Waals surface area contributed by atoms with Crippen molar-refractivity contribution in [2.45, 2.75) is 51.7 Å². The van der Waals surface area contributed by atoms with Gasteiger partial charge in [-0.15, -0.1) is 0 Å². The van der Waals surface area contributed by atoms with Crippen molar-refractivity contribution in [2.75, 3.05) is 25.0 Å². The highest BCUT2D eigenvalue weighted by atomic mass is 79.9. The minimum Gasteiger partial charge on any atom is -0.444 e. The van der Waals surface area contributed by atoms with Gasteiger partial charge < -0.3 is 20.3 Å². The van der Waals surface area contributed by atoms with Gasteiger partial charge in [0.05, 0.1) is 5.33 Å². The molecule has 23 heavy (non-hydrogen) atoms. The van der Waals surface area contributed by atoms with Crippen LogP contribution in [0.5, 0.6) is 0 Å². The molecular weight excluding hydrogens is 366 g/mol. The van der Waals surface area contributed by atoms with E-state index >= 15 is 0 Å². The second kappa shape index (κ2) is 9.10. The van der Waals surface area contributed by atoms with Crippen LogP contribution in [-0.2, 0) is 14.3 Å². The molecule has 132 valence electrons. The minimum absolute atomic E-state index is 0.130. The molecule has 1 aliphatic heterocycles. The Morgan fingerprint density at radius 2 is 2.09 bits per heavy atom. The second-order valence-corrected chi connectivity index (χ2v) is 7.01. The molecule has 1 unspecified atom stereocenters. The molecule has 8 heteroatoms. The molecule has 2 N–H and O–H groups in total. The van der Waals surface area contributed by atoms with Gasteiger partial charge in [-0.3, -0.25) is 9.59 Å². The molecule has 0 aromatic carbocycles. The van der Waals surface area contributed by atoms with Crippen molar-refractivity contribution in [1.82, 2.24) is 15.5 Å². The van der Waals surface area contributed by atoms with Crippen LogP contribution in [0.2, 0.25) is 0 Å². The van der Waals surface area contributed by atoms with Crippen LogP contribution in [0.4, 0.5) is 4.79 Å². The molecule has 0 radical (unpaired) electrons. The lowest BCUT2D eigenvalue weighted by Crippen LogP contribution is -2.51. The Labute approximate surface area is 145 Å². The van der Waals surface area contributed by atoms with Crippen molar-refractivity contribution < 1.29 is 19.1 Å². The van der Waals surface area contributed by atoms with Gasteiger partial charge in [0.2, 0.25) is 11.8 Å². The largest absolute Gasteiger partial charge is 0.444 e. The zero-order chi connectivity index (χ0) is 17.5. The highest BCUT2D eigenvalue weighted by molar-refractivity contribution is 9.09. The first-order valence-corrected chi connectivity index (χ1v) is 8.96. The maximum Gasteiger partial charge on any atom is 0.407 e. The monoisotopic (exact) mass is 391 g/mol. The number of halogens is 1. The van der Waals surface area contributed by atoms with Gasteiger partial charge in [-0.2, -0.15) is 0 Å². The molecular formula is C15H26BrN3O4. The Hall–Kier alpha value is -1.31. The second-order valence-electron chi connectivity index (χ2n) is 6.45. The quantitative estimate of drug-likeness (QED) is 0.693. The molecule has 1 saturated heterocycles. The molecule has 0 spiro atoms. The lowest BCUT2D eigenvalue weighted by molar-refractivity contribution is -0.138. The Balaban J connectivity index is 2.59. The van der Waals surface area contributed by atoms with E-state index in [-0.39, 0.29) is 30.2 Å². The Kier molecular flexibility index (Phi) is 7.81. The molecule has 0 aliphatic carbocycles.